The van der Waals surface area contributed by atoms with Crippen molar-refractivity contribution in [3.63, 3.8) is 0 Å². The molecule has 0 aromatic heterocycles. The topological polar surface area (TPSA) is 40.5 Å². The molecule has 1 unspecified atom stereocenters. The van der Waals surface area contributed by atoms with Crippen molar-refractivity contribution < 1.29 is 10.2 Å². The van der Waals surface area contributed by atoms with Crippen molar-refractivity contribution in [2.75, 3.05) is 0 Å². The van der Waals surface area contributed by atoms with Gasteiger partial charge in [0.15, 0.2) is 0 Å². The SMILES string of the molecule is C=CC(O)CCCC.CCCC1(O)CCCC1. The maximum Gasteiger partial charge on any atom is 0.0718 e. The van der Waals surface area contributed by atoms with E-state index in [4.69, 9.17) is 5.11 Å². The molecule has 1 aliphatic rings. The smallest absolute Gasteiger partial charge is 0.0718 e. The molecule has 2 N–H and O–H groups in total. The predicted octanol–water partition coefficient (Wildman–Crippen LogP) is 3.82. The zero-order valence-corrected chi connectivity index (χ0v) is 11.6. The number of hydrogen-bond donors (Lipinski definition) is 2. The third-order valence-corrected chi connectivity index (χ3v) is 3.38. The number of rotatable bonds is 6. The second kappa shape index (κ2) is 9.67. The number of aliphatic hydroxyl groups excluding tert-OH is 1. The van der Waals surface area contributed by atoms with Crippen LogP contribution in [0.4, 0.5) is 0 Å². The Hall–Kier alpha value is -0.340. The van der Waals surface area contributed by atoms with Gasteiger partial charge in [-0.15, -0.1) is 6.58 Å². The van der Waals surface area contributed by atoms with E-state index in [0.29, 0.717) is 0 Å². The van der Waals surface area contributed by atoms with E-state index in [1.54, 1.807) is 6.08 Å². The van der Waals surface area contributed by atoms with Crippen LogP contribution in [0.5, 0.6) is 0 Å². The number of unbranched alkanes of at least 4 members (excludes halogenated alkanes) is 1. The Kier molecular flexibility index (Phi) is 9.47. The molecule has 1 saturated carbocycles. The van der Waals surface area contributed by atoms with E-state index in [0.717, 1.165) is 44.9 Å². The van der Waals surface area contributed by atoms with Gasteiger partial charge in [-0.05, 0) is 25.7 Å². The van der Waals surface area contributed by atoms with Crippen LogP contribution in [0.25, 0.3) is 0 Å². The summed E-state index contributed by atoms with van der Waals surface area (Å²) < 4.78 is 0. The van der Waals surface area contributed by atoms with Crippen molar-refractivity contribution in [2.24, 2.45) is 0 Å². The van der Waals surface area contributed by atoms with Crippen LogP contribution >= 0.6 is 0 Å². The minimum absolute atomic E-state index is 0.255. The first-order chi connectivity index (χ1) is 8.08. The highest BCUT2D eigenvalue weighted by atomic mass is 16.3. The van der Waals surface area contributed by atoms with Crippen LogP contribution in [0.15, 0.2) is 12.7 Å². The standard InChI is InChI=1S/C8H16O.C7H14O/c1-2-5-8(9)6-3-4-7-8;1-3-5-6-7(8)4-2/h9H,2-7H2,1H3;4,7-8H,2-3,5-6H2,1H3. The number of aliphatic hydroxyl groups is 2. The van der Waals surface area contributed by atoms with Crippen molar-refractivity contribution in [2.45, 2.75) is 83.3 Å². The van der Waals surface area contributed by atoms with E-state index in [9.17, 15) is 5.11 Å². The van der Waals surface area contributed by atoms with E-state index >= 15 is 0 Å². The Balaban J connectivity index is 0.000000304. The second-order valence-electron chi connectivity index (χ2n) is 5.13. The van der Waals surface area contributed by atoms with Gasteiger partial charge in [0.2, 0.25) is 0 Å². The summed E-state index contributed by atoms with van der Waals surface area (Å²) >= 11 is 0. The Labute approximate surface area is 107 Å². The molecule has 1 aliphatic carbocycles. The monoisotopic (exact) mass is 242 g/mol. The van der Waals surface area contributed by atoms with Crippen LogP contribution in [0, 0.1) is 0 Å². The van der Waals surface area contributed by atoms with E-state index < -0.39 is 0 Å². The van der Waals surface area contributed by atoms with Gasteiger partial charge in [-0.25, -0.2) is 0 Å². The normalized spacial score (nSPS) is 19.3. The summed E-state index contributed by atoms with van der Waals surface area (Å²) in [6, 6.07) is 0. The molecule has 0 aromatic rings. The molecule has 0 aliphatic heterocycles. The quantitative estimate of drug-likeness (QED) is 0.695. The fourth-order valence-electron chi connectivity index (χ4n) is 2.28. The maximum atomic E-state index is 9.69. The Bertz CT molecular complexity index is 183. The van der Waals surface area contributed by atoms with Gasteiger partial charge in [0.05, 0.1) is 11.7 Å². The third-order valence-electron chi connectivity index (χ3n) is 3.38. The van der Waals surface area contributed by atoms with Crippen LogP contribution in [-0.4, -0.2) is 21.9 Å². The fraction of sp³-hybridized carbons (Fsp3) is 0.867. The van der Waals surface area contributed by atoms with Crippen molar-refractivity contribution in [3.8, 4) is 0 Å². The van der Waals surface area contributed by atoms with Gasteiger partial charge in [0, 0.05) is 0 Å². The van der Waals surface area contributed by atoms with Gasteiger partial charge < -0.3 is 10.2 Å². The Morgan fingerprint density at radius 1 is 1.24 bits per heavy atom. The molecular weight excluding hydrogens is 212 g/mol. The molecule has 2 nitrogen and oxygen atoms in total. The van der Waals surface area contributed by atoms with E-state index in [1.165, 1.54) is 12.8 Å². The fourth-order valence-corrected chi connectivity index (χ4v) is 2.28. The van der Waals surface area contributed by atoms with Gasteiger partial charge in [-0.2, -0.15) is 0 Å². The highest BCUT2D eigenvalue weighted by Gasteiger charge is 2.29. The van der Waals surface area contributed by atoms with Crippen molar-refractivity contribution >= 4 is 0 Å². The molecule has 0 heterocycles. The molecule has 17 heavy (non-hydrogen) atoms. The lowest BCUT2D eigenvalue weighted by Gasteiger charge is -2.20. The highest BCUT2D eigenvalue weighted by Crippen LogP contribution is 2.32. The molecule has 102 valence electrons. The Morgan fingerprint density at radius 3 is 2.24 bits per heavy atom. The van der Waals surface area contributed by atoms with E-state index in [-0.39, 0.29) is 11.7 Å². The Morgan fingerprint density at radius 2 is 1.82 bits per heavy atom. The first-order valence-corrected chi connectivity index (χ1v) is 7.11. The number of hydrogen-bond acceptors (Lipinski definition) is 2. The maximum absolute atomic E-state index is 9.69. The average Bonchev–Trinajstić information content (AvgIpc) is 2.74. The van der Waals surface area contributed by atoms with Gasteiger partial charge in [0.1, 0.15) is 0 Å². The lowest BCUT2D eigenvalue weighted by Crippen LogP contribution is -2.22. The molecule has 0 amide bonds. The molecule has 1 fully saturated rings. The second-order valence-corrected chi connectivity index (χ2v) is 5.13. The lowest BCUT2D eigenvalue weighted by molar-refractivity contribution is 0.0381. The average molecular weight is 242 g/mol. The first kappa shape index (κ1) is 16.7. The third kappa shape index (κ3) is 8.39. The largest absolute Gasteiger partial charge is 0.390 e. The lowest BCUT2D eigenvalue weighted by atomic mass is 9.97. The summed E-state index contributed by atoms with van der Waals surface area (Å²) in [6.07, 6.45) is 11.1. The van der Waals surface area contributed by atoms with Gasteiger partial charge in [-0.3, -0.25) is 0 Å². The molecule has 0 radical (unpaired) electrons. The molecule has 0 bridgehead atoms. The molecule has 2 heteroatoms. The van der Waals surface area contributed by atoms with Crippen molar-refractivity contribution in [3.05, 3.63) is 12.7 Å². The summed E-state index contributed by atoms with van der Waals surface area (Å²) in [6.45, 7) is 7.71. The van der Waals surface area contributed by atoms with E-state index in [2.05, 4.69) is 20.4 Å². The van der Waals surface area contributed by atoms with Gasteiger partial charge in [0.25, 0.3) is 0 Å². The van der Waals surface area contributed by atoms with Crippen LogP contribution < -0.4 is 0 Å². The molecule has 1 atom stereocenters. The van der Waals surface area contributed by atoms with Crippen LogP contribution in [-0.2, 0) is 0 Å². The summed E-state index contributed by atoms with van der Waals surface area (Å²) in [5.74, 6) is 0. The summed E-state index contributed by atoms with van der Waals surface area (Å²) in [4.78, 5) is 0. The molecule has 0 aromatic carbocycles. The predicted molar refractivity (Wildman–Crippen MR) is 74.1 cm³/mol. The van der Waals surface area contributed by atoms with Gasteiger partial charge >= 0.3 is 0 Å². The highest BCUT2D eigenvalue weighted by molar-refractivity contribution is 4.83. The zero-order chi connectivity index (χ0) is 13.1. The van der Waals surface area contributed by atoms with Crippen LogP contribution in [0.3, 0.4) is 0 Å². The van der Waals surface area contributed by atoms with Crippen LogP contribution in [0.1, 0.15) is 71.6 Å². The summed E-state index contributed by atoms with van der Waals surface area (Å²) in [7, 11) is 0. The minimum Gasteiger partial charge on any atom is -0.390 e. The minimum atomic E-state index is -0.282. The van der Waals surface area contributed by atoms with Gasteiger partial charge in [-0.1, -0.05) is 52.0 Å². The zero-order valence-electron chi connectivity index (χ0n) is 11.6. The summed E-state index contributed by atoms with van der Waals surface area (Å²) in [5, 5.41) is 18.6. The van der Waals surface area contributed by atoms with Crippen molar-refractivity contribution in [1.82, 2.24) is 0 Å². The molecular formula is C15H30O2. The summed E-state index contributed by atoms with van der Waals surface area (Å²) in [5.41, 5.74) is -0.255. The first-order valence-electron chi connectivity index (χ1n) is 7.11. The molecule has 1 rings (SSSR count). The van der Waals surface area contributed by atoms with Crippen LogP contribution in [0.2, 0.25) is 0 Å². The van der Waals surface area contributed by atoms with E-state index in [1.807, 2.05) is 0 Å². The molecule has 0 spiro atoms. The molecule has 0 saturated heterocycles. The van der Waals surface area contributed by atoms with Crippen molar-refractivity contribution in [1.29, 1.82) is 0 Å².